The molecule has 4 heteroatoms. The van der Waals surface area contributed by atoms with E-state index in [1.807, 2.05) is 32.9 Å². The first-order chi connectivity index (χ1) is 11.9. The molecule has 0 radical (unpaired) electrons. The summed E-state index contributed by atoms with van der Waals surface area (Å²) in [5.41, 5.74) is 2.24. The van der Waals surface area contributed by atoms with Gasteiger partial charge in [-0.1, -0.05) is 13.8 Å². The molecule has 1 amide bonds. The number of hydrogen-bond donors (Lipinski definition) is 1. The van der Waals surface area contributed by atoms with E-state index in [2.05, 4.69) is 19.2 Å². The highest BCUT2D eigenvalue weighted by molar-refractivity contribution is 5.97. The first kappa shape index (κ1) is 19.8. The van der Waals surface area contributed by atoms with E-state index in [-0.39, 0.29) is 5.91 Å². The van der Waals surface area contributed by atoms with Gasteiger partial charge in [-0.25, -0.2) is 0 Å². The molecule has 1 aromatic carbocycles. The summed E-state index contributed by atoms with van der Waals surface area (Å²) in [4.78, 5) is 13.0. The summed E-state index contributed by atoms with van der Waals surface area (Å²) in [6.07, 6.45) is 4.64. The predicted octanol–water partition coefficient (Wildman–Crippen LogP) is 5.02. The topological polar surface area (TPSA) is 47.6 Å². The minimum atomic E-state index is -0.680. The molecular weight excluding hydrogens is 314 g/mol. The number of ether oxygens (including phenoxy) is 2. The van der Waals surface area contributed by atoms with Crippen LogP contribution >= 0.6 is 0 Å². The van der Waals surface area contributed by atoms with Gasteiger partial charge in [-0.15, -0.1) is 0 Å². The van der Waals surface area contributed by atoms with Gasteiger partial charge in [0.15, 0.2) is 0 Å². The predicted molar refractivity (Wildman–Crippen MR) is 102 cm³/mol. The maximum Gasteiger partial charge on any atom is 0.256 e. The van der Waals surface area contributed by atoms with Crippen LogP contribution in [0.3, 0.4) is 0 Å². The lowest BCUT2D eigenvalue weighted by molar-refractivity contribution is -0.146. The molecule has 0 heterocycles. The van der Waals surface area contributed by atoms with Gasteiger partial charge in [-0.2, -0.15) is 0 Å². The Labute approximate surface area is 152 Å². The zero-order chi connectivity index (χ0) is 18.4. The van der Waals surface area contributed by atoms with E-state index in [1.54, 1.807) is 0 Å². The third-order valence-electron chi connectivity index (χ3n) is 5.09. The second kappa shape index (κ2) is 8.70. The zero-order valence-electron chi connectivity index (χ0n) is 16.4. The summed E-state index contributed by atoms with van der Waals surface area (Å²) >= 11 is 0. The van der Waals surface area contributed by atoms with Gasteiger partial charge in [0.2, 0.25) is 0 Å². The fourth-order valence-electron chi connectivity index (χ4n) is 3.64. The van der Waals surface area contributed by atoms with Crippen LogP contribution in [-0.2, 0) is 9.53 Å². The molecule has 25 heavy (non-hydrogen) atoms. The number of carbonyl (C=O) groups excluding carboxylic acids is 1. The van der Waals surface area contributed by atoms with Gasteiger partial charge in [-0.3, -0.25) is 4.79 Å². The molecule has 1 saturated carbocycles. The molecule has 1 fully saturated rings. The van der Waals surface area contributed by atoms with Gasteiger partial charge < -0.3 is 14.8 Å². The van der Waals surface area contributed by atoms with Crippen LogP contribution in [0, 0.1) is 19.8 Å². The van der Waals surface area contributed by atoms with Crippen LogP contribution in [-0.4, -0.2) is 24.7 Å². The van der Waals surface area contributed by atoms with Gasteiger partial charge in [-0.05, 0) is 82.1 Å². The second-order valence-electron chi connectivity index (χ2n) is 7.35. The lowest BCUT2D eigenvalue weighted by atomic mass is 9.78. The highest BCUT2D eigenvalue weighted by Crippen LogP contribution is 2.36. The van der Waals surface area contributed by atoms with Gasteiger partial charge in [0.1, 0.15) is 11.4 Å². The molecule has 0 bridgehead atoms. The molecule has 1 aliphatic carbocycles. The number of nitrogens with one attached hydrogen (secondary N) is 1. The van der Waals surface area contributed by atoms with E-state index in [9.17, 15) is 4.79 Å². The number of carbonyl (C=O) groups is 1. The van der Waals surface area contributed by atoms with Crippen LogP contribution in [0.25, 0.3) is 0 Å². The van der Waals surface area contributed by atoms with E-state index in [0.29, 0.717) is 19.1 Å². The molecule has 1 aromatic rings. The summed E-state index contributed by atoms with van der Waals surface area (Å²) in [5.74, 6) is 1.58. The molecule has 0 aliphatic heterocycles. The first-order valence-electron chi connectivity index (χ1n) is 9.61. The van der Waals surface area contributed by atoms with Crippen molar-refractivity contribution in [1.29, 1.82) is 0 Å². The summed E-state index contributed by atoms with van der Waals surface area (Å²) < 4.78 is 11.8. The summed E-state index contributed by atoms with van der Waals surface area (Å²) in [5, 5.41) is 3.10. The van der Waals surface area contributed by atoms with Crippen molar-refractivity contribution in [2.24, 2.45) is 5.92 Å². The van der Waals surface area contributed by atoms with Gasteiger partial charge in [0.25, 0.3) is 5.91 Å². The largest absolute Gasteiger partial charge is 0.493 e. The molecule has 1 aliphatic rings. The third-order valence-corrected chi connectivity index (χ3v) is 5.09. The molecule has 4 nitrogen and oxygen atoms in total. The maximum atomic E-state index is 13.0. The maximum absolute atomic E-state index is 13.0. The fourth-order valence-corrected chi connectivity index (χ4v) is 3.64. The Balaban J connectivity index is 2.15. The zero-order valence-corrected chi connectivity index (χ0v) is 16.4. The average molecular weight is 347 g/mol. The Bertz CT molecular complexity index is 566. The number of rotatable bonds is 7. The van der Waals surface area contributed by atoms with Gasteiger partial charge in [0, 0.05) is 12.3 Å². The number of amides is 1. The molecule has 140 valence electrons. The average Bonchev–Trinajstić information content (AvgIpc) is 2.56. The first-order valence-corrected chi connectivity index (χ1v) is 9.61. The molecule has 0 aromatic heterocycles. The fraction of sp³-hybridized carbons (Fsp3) is 0.667. The lowest BCUT2D eigenvalue weighted by Gasteiger charge is -2.37. The Morgan fingerprint density at radius 1 is 1.20 bits per heavy atom. The van der Waals surface area contributed by atoms with Crippen molar-refractivity contribution >= 4 is 11.6 Å². The van der Waals surface area contributed by atoms with Crippen molar-refractivity contribution in [3.63, 3.8) is 0 Å². The van der Waals surface area contributed by atoms with E-state index < -0.39 is 5.60 Å². The van der Waals surface area contributed by atoms with E-state index in [1.165, 1.54) is 0 Å². The van der Waals surface area contributed by atoms with E-state index in [0.717, 1.165) is 54.7 Å². The Hall–Kier alpha value is -1.55. The molecule has 1 N–H and O–H groups in total. The molecule has 0 spiro atoms. The summed E-state index contributed by atoms with van der Waals surface area (Å²) in [6.45, 7) is 11.6. The number of benzene rings is 1. The van der Waals surface area contributed by atoms with Crippen molar-refractivity contribution in [1.82, 2.24) is 0 Å². The smallest absolute Gasteiger partial charge is 0.256 e. The van der Waals surface area contributed by atoms with Crippen LogP contribution in [0.1, 0.15) is 64.0 Å². The minimum Gasteiger partial charge on any atom is -0.493 e. The standard InChI is InChI=1S/C21H33NO3/c1-6-12-24-19-16(4)13-18(14-17(19)5)22-20(23)21(25-7-2)10-8-15(3)9-11-21/h13-15H,6-12H2,1-5H3,(H,22,23). The van der Waals surface area contributed by atoms with Crippen LogP contribution < -0.4 is 10.1 Å². The van der Waals surface area contributed by atoms with Crippen molar-refractivity contribution in [3.05, 3.63) is 23.3 Å². The van der Waals surface area contributed by atoms with E-state index in [4.69, 9.17) is 9.47 Å². The molecule has 0 unspecified atom stereocenters. The minimum absolute atomic E-state index is 0.0118. The van der Waals surface area contributed by atoms with Crippen LogP contribution in [0.2, 0.25) is 0 Å². The van der Waals surface area contributed by atoms with Crippen LogP contribution in [0.5, 0.6) is 5.75 Å². The van der Waals surface area contributed by atoms with Crippen molar-refractivity contribution in [2.75, 3.05) is 18.5 Å². The highest BCUT2D eigenvalue weighted by atomic mass is 16.5. The Kier molecular flexibility index (Phi) is 6.88. The van der Waals surface area contributed by atoms with Crippen molar-refractivity contribution < 1.29 is 14.3 Å². The lowest BCUT2D eigenvalue weighted by Crippen LogP contribution is -2.48. The number of hydrogen-bond acceptors (Lipinski definition) is 3. The molecular formula is C21H33NO3. The van der Waals surface area contributed by atoms with Crippen LogP contribution in [0.4, 0.5) is 5.69 Å². The van der Waals surface area contributed by atoms with Crippen molar-refractivity contribution in [2.45, 2.75) is 72.3 Å². The molecule has 0 atom stereocenters. The van der Waals surface area contributed by atoms with Gasteiger partial charge >= 0.3 is 0 Å². The monoisotopic (exact) mass is 347 g/mol. The summed E-state index contributed by atoms with van der Waals surface area (Å²) in [6, 6.07) is 3.97. The molecule has 0 saturated heterocycles. The Morgan fingerprint density at radius 3 is 2.32 bits per heavy atom. The number of anilines is 1. The third kappa shape index (κ3) is 4.75. The van der Waals surface area contributed by atoms with Crippen molar-refractivity contribution in [3.8, 4) is 5.75 Å². The quantitative estimate of drug-likeness (QED) is 0.753. The normalized spacial score (nSPS) is 23.3. The SMILES string of the molecule is CCCOc1c(C)cc(NC(=O)C2(OCC)CCC(C)CC2)cc1C. The van der Waals surface area contributed by atoms with Gasteiger partial charge in [0.05, 0.1) is 6.61 Å². The van der Waals surface area contributed by atoms with E-state index >= 15 is 0 Å². The highest BCUT2D eigenvalue weighted by Gasteiger charge is 2.41. The second-order valence-corrected chi connectivity index (χ2v) is 7.35. The number of aryl methyl sites for hydroxylation is 2. The summed E-state index contributed by atoms with van der Waals surface area (Å²) in [7, 11) is 0. The Morgan fingerprint density at radius 2 is 1.80 bits per heavy atom. The molecule has 2 rings (SSSR count). The van der Waals surface area contributed by atoms with Crippen LogP contribution in [0.15, 0.2) is 12.1 Å².